The van der Waals surface area contributed by atoms with Gasteiger partial charge in [-0.3, -0.25) is 9.69 Å². The maximum Gasteiger partial charge on any atom is 0.255 e. The Bertz CT molecular complexity index is 1660. The fraction of sp³-hybridized carbons (Fsp3) is 0.406. The molecule has 1 amide bonds. The number of piperazine rings is 2. The summed E-state index contributed by atoms with van der Waals surface area (Å²) in [4.78, 5) is 19.4. The summed E-state index contributed by atoms with van der Waals surface area (Å²) in [6.45, 7) is 2.55. The van der Waals surface area contributed by atoms with Crippen LogP contribution >= 0.6 is 11.6 Å². The van der Waals surface area contributed by atoms with E-state index in [2.05, 4.69) is 4.90 Å². The second kappa shape index (κ2) is 12.8. The molecule has 3 fully saturated rings. The van der Waals surface area contributed by atoms with Crippen LogP contribution in [0.4, 0.5) is 14.5 Å². The van der Waals surface area contributed by atoms with Crippen molar-refractivity contribution < 1.29 is 31.8 Å². The third-order valence-corrected chi connectivity index (χ3v) is 11.2. The summed E-state index contributed by atoms with van der Waals surface area (Å²) >= 11 is 6.18. The summed E-state index contributed by atoms with van der Waals surface area (Å²) in [5, 5.41) is 10.7. The molecule has 0 spiro atoms. The van der Waals surface area contributed by atoms with Gasteiger partial charge in [-0.05, 0) is 66.9 Å². The maximum absolute atomic E-state index is 13.8. The molecule has 45 heavy (non-hydrogen) atoms. The van der Waals surface area contributed by atoms with Gasteiger partial charge in [-0.15, -0.1) is 0 Å². The molecular weight excluding hydrogens is 626 g/mol. The number of carbonyl (C=O) groups is 1. The highest BCUT2D eigenvalue weighted by Crippen LogP contribution is 2.41. The molecule has 0 unspecified atom stereocenters. The zero-order valence-electron chi connectivity index (χ0n) is 24.8. The van der Waals surface area contributed by atoms with E-state index in [-0.39, 0.29) is 52.4 Å². The molecule has 1 N–H and O–H groups in total. The monoisotopic (exact) mass is 660 g/mol. The topological polar surface area (TPSA) is 93.6 Å². The van der Waals surface area contributed by atoms with Gasteiger partial charge >= 0.3 is 0 Å². The number of aliphatic hydroxyl groups is 1. The van der Waals surface area contributed by atoms with Crippen molar-refractivity contribution in [1.29, 1.82) is 0 Å². The van der Waals surface area contributed by atoms with Gasteiger partial charge in [0.15, 0.2) is 0 Å². The lowest BCUT2D eigenvalue weighted by Crippen LogP contribution is -2.55. The first-order valence-corrected chi connectivity index (χ1v) is 16.7. The lowest BCUT2D eigenvalue weighted by molar-refractivity contribution is 0.0717. The molecule has 3 aromatic rings. The number of hydrogen-bond acceptors (Lipinski definition) is 7. The summed E-state index contributed by atoms with van der Waals surface area (Å²) in [6.07, 6.45) is 0.825. The molecule has 0 saturated carbocycles. The van der Waals surface area contributed by atoms with Crippen molar-refractivity contribution >= 4 is 33.2 Å². The zero-order valence-corrected chi connectivity index (χ0v) is 26.4. The van der Waals surface area contributed by atoms with E-state index in [1.165, 1.54) is 28.6 Å². The van der Waals surface area contributed by atoms with Gasteiger partial charge in [0.25, 0.3) is 5.91 Å². The Morgan fingerprint density at radius 2 is 1.60 bits per heavy atom. The number of halogens is 3. The highest BCUT2D eigenvalue weighted by molar-refractivity contribution is 7.89. The highest BCUT2D eigenvalue weighted by Gasteiger charge is 2.43. The van der Waals surface area contributed by atoms with Gasteiger partial charge in [0.05, 0.1) is 34.4 Å². The van der Waals surface area contributed by atoms with Crippen molar-refractivity contribution in [3.63, 3.8) is 0 Å². The molecule has 2 bridgehead atoms. The summed E-state index contributed by atoms with van der Waals surface area (Å²) < 4.78 is 61.6. The van der Waals surface area contributed by atoms with Gasteiger partial charge in [-0.2, -0.15) is 4.31 Å². The van der Waals surface area contributed by atoms with Crippen LogP contribution in [0.15, 0.2) is 65.6 Å². The number of benzene rings is 3. The minimum Gasteiger partial charge on any atom is -0.495 e. The van der Waals surface area contributed by atoms with Crippen LogP contribution in [0.3, 0.4) is 0 Å². The molecule has 0 radical (unpaired) electrons. The number of amides is 1. The van der Waals surface area contributed by atoms with E-state index in [1.807, 2.05) is 4.90 Å². The fourth-order valence-electron chi connectivity index (χ4n) is 6.66. The number of hydrogen-bond donors (Lipinski definition) is 1. The molecule has 3 aliphatic heterocycles. The van der Waals surface area contributed by atoms with Crippen LogP contribution in [-0.4, -0.2) is 98.5 Å². The average Bonchev–Trinajstić information content (AvgIpc) is 3.29. The van der Waals surface area contributed by atoms with Crippen LogP contribution < -0.4 is 9.64 Å². The van der Waals surface area contributed by atoms with Crippen molar-refractivity contribution in [2.24, 2.45) is 0 Å². The lowest BCUT2D eigenvalue weighted by atomic mass is 10.1. The highest BCUT2D eigenvalue weighted by atomic mass is 35.5. The molecular formula is C32H35ClF2N4O5S. The molecule has 3 atom stereocenters. The molecule has 3 aliphatic rings. The minimum atomic E-state index is -3.83. The molecule has 3 aromatic carbocycles. The van der Waals surface area contributed by atoms with Gasteiger partial charge < -0.3 is 19.6 Å². The second-order valence-corrected chi connectivity index (χ2v) is 14.1. The molecule has 240 valence electrons. The van der Waals surface area contributed by atoms with Crippen molar-refractivity contribution in [3.05, 3.63) is 88.4 Å². The van der Waals surface area contributed by atoms with Crippen molar-refractivity contribution in [3.8, 4) is 5.75 Å². The van der Waals surface area contributed by atoms with Crippen LogP contribution in [0.2, 0.25) is 5.02 Å². The van der Waals surface area contributed by atoms with Crippen LogP contribution in [0.25, 0.3) is 0 Å². The van der Waals surface area contributed by atoms with E-state index in [4.69, 9.17) is 16.3 Å². The number of fused-ring (bicyclic) bond motifs is 2. The molecule has 13 heteroatoms. The summed E-state index contributed by atoms with van der Waals surface area (Å²) in [5.41, 5.74) is 1.52. The van der Waals surface area contributed by atoms with E-state index < -0.39 is 21.9 Å². The largest absolute Gasteiger partial charge is 0.495 e. The Morgan fingerprint density at radius 1 is 0.956 bits per heavy atom. The van der Waals surface area contributed by atoms with Gasteiger partial charge in [-0.25, -0.2) is 17.2 Å². The van der Waals surface area contributed by atoms with E-state index in [9.17, 15) is 27.1 Å². The van der Waals surface area contributed by atoms with Crippen molar-refractivity contribution in [1.82, 2.24) is 14.1 Å². The van der Waals surface area contributed by atoms with Gasteiger partial charge in [-0.1, -0.05) is 23.7 Å². The Kier molecular flexibility index (Phi) is 9.04. The van der Waals surface area contributed by atoms with Crippen LogP contribution in [0.1, 0.15) is 34.9 Å². The first-order valence-electron chi connectivity index (χ1n) is 14.9. The Hall–Kier alpha value is -3.29. The quantitative estimate of drug-likeness (QED) is 0.388. The Morgan fingerprint density at radius 3 is 2.22 bits per heavy atom. The third-order valence-electron chi connectivity index (χ3n) is 9.01. The number of aliphatic hydroxyl groups excluding tert-OH is 1. The number of ether oxygens (including phenoxy) is 1. The standard InChI is InChI=1S/C32H35ClF2N4O5S/c1-44-31-11-9-26(45(42,43)38-14-12-36(13-15-38)20-30(40)21-2-4-22(34)5-3-21)17-29(31)39-24-7-8-25(39)19-37(18-24)32(41)27-10-6-23(35)16-28(27)33/h2-6,9-11,16-17,24-25,30,40H,7-8,12-15,18-20H2,1H3/t24-,25+,30-/m0/s1. The third kappa shape index (κ3) is 6.39. The molecule has 3 heterocycles. The van der Waals surface area contributed by atoms with Gasteiger partial charge in [0.1, 0.15) is 17.4 Å². The number of likely N-dealkylation sites (tertiary alicyclic amines) is 1. The van der Waals surface area contributed by atoms with E-state index in [1.54, 1.807) is 42.3 Å². The summed E-state index contributed by atoms with van der Waals surface area (Å²) in [7, 11) is -2.28. The predicted molar refractivity (Wildman–Crippen MR) is 166 cm³/mol. The maximum atomic E-state index is 13.8. The number of anilines is 1. The Labute approximate surface area is 266 Å². The number of sulfonamides is 1. The van der Waals surface area contributed by atoms with Crippen LogP contribution in [0, 0.1) is 11.6 Å². The van der Waals surface area contributed by atoms with E-state index in [0.717, 1.165) is 18.9 Å². The van der Waals surface area contributed by atoms with Crippen LogP contribution in [0.5, 0.6) is 5.75 Å². The number of β-amino-alcohol motifs (C(OH)–C–C–N with tert-alkyl or cyclic N) is 1. The lowest BCUT2D eigenvalue weighted by Gasteiger charge is -2.43. The minimum absolute atomic E-state index is 0.0603. The predicted octanol–water partition coefficient (Wildman–Crippen LogP) is 4.16. The zero-order chi connectivity index (χ0) is 31.9. The first kappa shape index (κ1) is 31.7. The van der Waals surface area contributed by atoms with E-state index in [0.29, 0.717) is 49.7 Å². The number of carbonyl (C=O) groups excluding carboxylic acids is 1. The Balaban J connectivity index is 1.15. The van der Waals surface area contributed by atoms with Gasteiger partial charge in [0.2, 0.25) is 10.0 Å². The number of nitrogens with zero attached hydrogens (tertiary/aromatic N) is 4. The number of rotatable bonds is 8. The normalized spacial score (nSPS) is 21.6. The van der Waals surface area contributed by atoms with Crippen LogP contribution in [-0.2, 0) is 10.0 Å². The molecule has 0 aromatic heterocycles. The number of methoxy groups -OCH3 is 1. The molecule has 6 rings (SSSR count). The molecule has 0 aliphatic carbocycles. The average molecular weight is 661 g/mol. The van der Waals surface area contributed by atoms with Crippen molar-refractivity contribution in [2.45, 2.75) is 35.9 Å². The van der Waals surface area contributed by atoms with Gasteiger partial charge in [0, 0.05) is 57.9 Å². The second-order valence-electron chi connectivity index (χ2n) is 11.7. The van der Waals surface area contributed by atoms with Crippen molar-refractivity contribution in [2.75, 3.05) is 57.8 Å². The molecule has 3 saturated heterocycles. The fourth-order valence-corrected chi connectivity index (χ4v) is 8.35. The SMILES string of the molecule is COc1ccc(S(=O)(=O)N2CCN(C[C@H](O)c3ccc(F)cc3)CC2)cc1N1[C@@H]2CC[C@H]1CN(C(=O)c1ccc(F)cc1Cl)C2. The summed E-state index contributed by atoms with van der Waals surface area (Å²) in [6, 6.07) is 14.2. The molecule has 9 nitrogen and oxygen atoms in total. The smallest absolute Gasteiger partial charge is 0.255 e. The summed E-state index contributed by atoms with van der Waals surface area (Å²) in [5.74, 6) is -0.592. The first-order chi connectivity index (χ1) is 21.5. The van der Waals surface area contributed by atoms with E-state index >= 15 is 0 Å².